The monoisotopic (exact) mass is 318 g/mol. The van der Waals surface area contributed by atoms with Gasteiger partial charge in [0.1, 0.15) is 12.4 Å². The fourth-order valence-corrected chi connectivity index (χ4v) is 2.70. The predicted octanol–water partition coefficient (Wildman–Crippen LogP) is 4.70. The standard InChI is InChI=1S/C17H25F3O2/c1-15(2,3)11-16(4,5)12-6-8-13(9-7-12)22-10-14(21)17(18,19)20/h6-9,14,21H,10-11H2,1-5H3. The van der Waals surface area contributed by atoms with Crippen LogP contribution in [0.25, 0.3) is 0 Å². The zero-order chi connectivity index (χ0) is 17.2. The summed E-state index contributed by atoms with van der Waals surface area (Å²) in [6.07, 6.45) is -6.15. The summed E-state index contributed by atoms with van der Waals surface area (Å²) in [6.45, 7) is 10.00. The molecule has 0 aliphatic heterocycles. The van der Waals surface area contributed by atoms with Crippen LogP contribution in [0, 0.1) is 5.41 Å². The average Bonchev–Trinajstić information content (AvgIpc) is 2.32. The Hall–Kier alpha value is -1.23. The molecule has 1 aromatic carbocycles. The Balaban J connectivity index is 2.71. The fourth-order valence-electron chi connectivity index (χ4n) is 2.70. The second-order valence-corrected chi connectivity index (χ2v) is 7.51. The molecule has 0 saturated heterocycles. The maximum absolute atomic E-state index is 12.2. The van der Waals surface area contributed by atoms with Gasteiger partial charge in [0.25, 0.3) is 0 Å². The molecule has 1 unspecified atom stereocenters. The van der Waals surface area contributed by atoms with Gasteiger partial charge in [-0.05, 0) is 34.9 Å². The lowest BCUT2D eigenvalue weighted by Gasteiger charge is -2.33. The number of halogens is 3. The van der Waals surface area contributed by atoms with E-state index >= 15 is 0 Å². The highest BCUT2D eigenvalue weighted by Crippen LogP contribution is 2.36. The minimum Gasteiger partial charge on any atom is -0.491 e. The van der Waals surface area contributed by atoms with Crippen LogP contribution in [0.2, 0.25) is 0 Å². The van der Waals surface area contributed by atoms with Gasteiger partial charge in [-0.3, -0.25) is 0 Å². The third-order valence-electron chi connectivity index (χ3n) is 3.39. The van der Waals surface area contributed by atoms with Crippen molar-refractivity contribution in [1.29, 1.82) is 0 Å². The first-order valence-electron chi connectivity index (χ1n) is 7.29. The molecule has 1 rings (SSSR count). The molecule has 0 fully saturated rings. The van der Waals surface area contributed by atoms with Crippen LogP contribution in [0.15, 0.2) is 24.3 Å². The average molecular weight is 318 g/mol. The van der Waals surface area contributed by atoms with Gasteiger partial charge < -0.3 is 9.84 Å². The zero-order valence-corrected chi connectivity index (χ0v) is 13.8. The molecular weight excluding hydrogens is 293 g/mol. The molecule has 1 N–H and O–H groups in total. The van der Waals surface area contributed by atoms with Crippen LogP contribution in [0.3, 0.4) is 0 Å². The lowest BCUT2D eigenvalue weighted by molar-refractivity contribution is -0.210. The number of ether oxygens (including phenoxy) is 1. The maximum Gasteiger partial charge on any atom is 0.417 e. The van der Waals surface area contributed by atoms with E-state index in [0.29, 0.717) is 5.75 Å². The topological polar surface area (TPSA) is 29.5 Å². The van der Waals surface area contributed by atoms with Crippen LogP contribution in [0.1, 0.15) is 46.6 Å². The van der Waals surface area contributed by atoms with Gasteiger partial charge in [0.15, 0.2) is 6.10 Å². The van der Waals surface area contributed by atoms with Gasteiger partial charge in [-0.2, -0.15) is 13.2 Å². The number of aliphatic hydroxyl groups is 1. The van der Waals surface area contributed by atoms with E-state index in [1.165, 1.54) is 0 Å². The second-order valence-electron chi connectivity index (χ2n) is 7.51. The number of rotatable bonds is 5. The summed E-state index contributed by atoms with van der Waals surface area (Å²) in [5.41, 5.74) is 1.24. The largest absolute Gasteiger partial charge is 0.491 e. The van der Waals surface area contributed by atoms with E-state index in [-0.39, 0.29) is 10.8 Å². The highest BCUT2D eigenvalue weighted by molar-refractivity contribution is 5.31. The lowest BCUT2D eigenvalue weighted by atomic mass is 9.72. The zero-order valence-electron chi connectivity index (χ0n) is 13.8. The molecule has 1 aromatic rings. The summed E-state index contributed by atoms with van der Waals surface area (Å²) in [4.78, 5) is 0. The molecule has 2 nitrogen and oxygen atoms in total. The first-order valence-corrected chi connectivity index (χ1v) is 7.29. The molecule has 0 aliphatic carbocycles. The quantitative estimate of drug-likeness (QED) is 0.852. The number of benzene rings is 1. The molecule has 0 spiro atoms. The van der Waals surface area contributed by atoms with Gasteiger partial charge in [-0.1, -0.05) is 46.8 Å². The Morgan fingerprint density at radius 3 is 1.91 bits per heavy atom. The van der Waals surface area contributed by atoms with E-state index in [9.17, 15) is 13.2 Å². The fraction of sp³-hybridized carbons (Fsp3) is 0.647. The normalized spacial score (nSPS) is 14.8. The Labute approximate surface area is 130 Å². The summed E-state index contributed by atoms with van der Waals surface area (Å²) in [5.74, 6) is 0.318. The third kappa shape index (κ3) is 5.87. The van der Waals surface area contributed by atoms with Crippen LogP contribution < -0.4 is 4.74 Å². The van der Waals surface area contributed by atoms with Crippen molar-refractivity contribution in [2.45, 2.75) is 58.7 Å². The predicted molar refractivity (Wildman–Crippen MR) is 81.1 cm³/mol. The minimum absolute atomic E-state index is 0.0394. The van der Waals surface area contributed by atoms with E-state index in [2.05, 4.69) is 34.6 Å². The highest BCUT2D eigenvalue weighted by Gasteiger charge is 2.38. The summed E-state index contributed by atoms with van der Waals surface area (Å²) >= 11 is 0. The molecule has 0 aromatic heterocycles. The van der Waals surface area contributed by atoms with Gasteiger partial charge in [0, 0.05) is 0 Å². The van der Waals surface area contributed by atoms with Gasteiger partial charge >= 0.3 is 6.18 Å². The van der Waals surface area contributed by atoms with Crippen LogP contribution in [-0.2, 0) is 5.41 Å². The Kier molecular flexibility index (Phi) is 5.55. The molecule has 1 atom stereocenters. The molecule has 0 bridgehead atoms. The van der Waals surface area contributed by atoms with Crippen molar-refractivity contribution in [2.75, 3.05) is 6.61 Å². The number of alkyl halides is 3. The molecule has 0 saturated carbocycles. The summed E-state index contributed by atoms with van der Waals surface area (Å²) < 4.78 is 41.6. The van der Waals surface area contributed by atoms with Crippen molar-refractivity contribution >= 4 is 0 Å². The van der Waals surface area contributed by atoms with Crippen LogP contribution in [0.4, 0.5) is 13.2 Å². The first-order chi connectivity index (χ1) is 9.81. The van der Waals surface area contributed by atoms with Crippen molar-refractivity contribution in [3.63, 3.8) is 0 Å². The van der Waals surface area contributed by atoms with Gasteiger partial charge in [-0.15, -0.1) is 0 Å². The third-order valence-corrected chi connectivity index (χ3v) is 3.39. The van der Waals surface area contributed by atoms with Crippen LogP contribution in [-0.4, -0.2) is 24.0 Å². The van der Waals surface area contributed by atoms with Crippen molar-refractivity contribution in [3.8, 4) is 5.75 Å². The van der Waals surface area contributed by atoms with Crippen LogP contribution in [0.5, 0.6) is 5.75 Å². The lowest BCUT2D eigenvalue weighted by Crippen LogP contribution is -2.34. The molecule has 126 valence electrons. The smallest absolute Gasteiger partial charge is 0.417 e. The van der Waals surface area contributed by atoms with Gasteiger partial charge in [0.05, 0.1) is 0 Å². The van der Waals surface area contributed by atoms with Crippen molar-refractivity contribution in [3.05, 3.63) is 29.8 Å². The molecule has 0 aliphatic rings. The van der Waals surface area contributed by atoms with Crippen molar-refractivity contribution < 1.29 is 23.0 Å². The summed E-state index contributed by atoms with van der Waals surface area (Å²) in [7, 11) is 0. The Morgan fingerprint density at radius 2 is 1.50 bits per heavy atom. The summed E-state index contributed by atoms with van der Waals surface area (Å²) in [6, 6.07) is 7.01. The Bertz CT molecular complexity index is 470. The van der Waals surface area contributed by atoms with E-state index < -0.39 is 18.9 Å². The SMILES string of the molecule is CC(C)(C)CC(C)(C)c1ccc(OCC(O)C(F)(F)F)cc1. The summed E-state index contributed by atoms with van der Waals surface area (Å²) in [5, 5.41) is 8.91. The van der Waals surface area contributed by atoms with E-state index in [1.54, 1.807) is 12.1 Å². The number of aliphatic hydroxyl groups excluding tert-OH is 1. The van der Waals surface area contributed by atoms with Crippen LogP contribution >= 0.6 is 0 Å². The molecule has 0 heterocycles. The number of hydrogen-bond donors (Lipinski definition) is 1. The van der Waals surface area contributed by atoms with Crippen molar-refractivity contribution in [2.24, 2.45) is 5.41 Å². The maximum atomic E-state index is 12.2. The van der Waals surface area contributed by atoms with E-state index in [4.69, 9.17) is 9.84 Å². The highest BCUT2D eigenvalue weighted by atomic mass is 19.4. The van der Waals surface area contributed by atoms with E-state index in [0.717, 1.165) is 12.0 Å². The number of hydrogen-bond acceptors (Lipinski definition) is 2. The molecule has 22 heavy (non-hydrogen) atoms. The first kappa shape index (κ1) is 18.8. The van der Waals surface area contributed by atoms with Gasteiger partial charge in [0.2, 0.25) is 0 Å². The second kappa shape index (κ2) is 6.49. The van der Waals surface area contributed by atoms with Crippen molar-refractivity contribution in [1.82, 2.24) is 0 Å². The Morgan fingerprint density at radius 1 is 1.00 bits per heavy atom. The molecular formula is C17H25F3O2. The molecule has 0 amide bonds. The molecule has 5 heteroatoms. The molecule has 0 radical (unpaired) electrons. The van der Waals surface area contributed by atoms with E-state index in [1.807, 2.05) is 12.1 Å². The van der Waals surface area contributed by atoms with Gasteiger partial charge in [-0.25, -0.2) is 0 Å². The minimum atomic E-state index is -4.66.